The highest BCUT2D eigenvalue weighted by Crippen LogP contribution is 2.38. The van der Waals surface area contributed by atoms with Gasteiger partial charge in [-0.3, -0.25) is 4.79 Å². The van der Waals surface area contributed by atoms with E-state index < -0.39 is 24.3 Å². The van der Waals surface area contributed by atoms with Crippen LogP contribution in [0.3, 0.4) is 0 Å². The minimum atomic E-state index is -0.825. The standard InChI is InChI=1S/C20H22FNO7/c1-25-15-6-5-13(9-14(15)21)20(24)29-11-18(23)22-10-12-7-16(26-2)19(28-4)17(8-12)27-3/h5-9H,10-11H2,1-4H3,(H,22,23). The number of esters is 1. The highest BCUT2D eigenvalue weighted by molar-refractivity contribution is 5.91. The molecule has 8 nitrogen and oxygen atoms in total. The first-order valence-electron chi connectivity index (χ1n) is 8.49. The number of benzene rings is 2. The molecule has 156 valence electrons. The smallest absolute Gasteiger partial charge is 0.338 e. The number of amides is 1. The lowest BCUT2D eigenvalue weighted by molar-refractivity contribution is -0.124. The van der Waals surface area contributed by atoms with Crippen LogP contribution >= 0.6 is 0 Å². The molecule has 2 rings (SSSR count). The molecule has 0 unspecified atom stereocenters. The molecule has 2 aromatic carbocycles. The molecule has 9 heteroatoms. The van der Waals surface area contributed by atoms with E-state index in [1.807, 2.05) is 0 Å². The summed E-state index contributed by atoms with van der Waals surface area (Å²) in [6.45, 7) is -0.374. The highest BCUT2D eigenvalue weighted by Gasteiger charge is 2.15. The van der Waals surface area contributed by atoms with Crippen molar-refractivity contribution in [3.8, 4) is 23.0 Å². The molecule has 0 fully saturated rings. The Morgan fingerprint density at radius 2 is 1.52 bits per heavy atom. The van der Waals surface area contributed by atoms with Crippen molar-refractivity contribution >= 4 is 11.9 Å². The molecule has 0 aliphatic rings. The maximum atomic E-state index is 13.7. The number of carbonyl (C=O) groups is 2. The van der Waals surface area contributed by atoms with E-state index in [9.17, 15) is 14.0 Å². The molecule has 0 aliphatic carbocycles. The molecule has 29 heavy (non-hydrogen) atoms. The molecule has 0 saturated heterocycles. The second-order valence-corrected chi connectivity index (χ2v) is 5.74. The predicted octanol–water partition coefficient (Wildman–Crippen LogP) is 2.33. The lowest BCUT2D eigenvalue weighted by atomic mass is 10.1. The fraction of sp³-hybridized carbons (Fsp3) is 0.300. The van der Waals surface area contributed by atoms with E-state index in [0.717, 1.165) is 6.07 Å². The summed E-state index contributed by atoms with van der Waals surface area (Å²) in [5.41, 5.74) is 0.664. The molecule has 0 aliphatic heterocycles. The van der Waals surface area contributed by atoms with Crippen molar-refractivity contribution in [3.05, 3.63) is 47.3 Å². The third kappa shape index (κ3) is 5.50. The number of halogens is 1. The van der Waals surface area contributed by atoms with Crippen molar-refractivity contribution in [2.24, 2.45) is 0 Å². The molecule has 2 aromatic rings. The normalized spacial score (nSPS) is 10.1. The second kappa shape index (κ2) is 10.2. The van der Waals surface area contributed by atoms with Crippen molar-refractivity contribution < 1.29 is 37.7 Å². The van der Waals surface area contributed by atoms with Gasteiger partial charge in [-0.25, -0.2) is 9.18 Å². The van der Waals surface area contributed by atoms with E-state index in [1.165, 1.54) is 40.6 Å². The molecule has 1 amide bonds. The van der Waals surface area contributed by atoms with Gasteiger partial charge >= 0.3 is 5.97 Å². The molecule has 0 atom stereocenters. The molecule has 0 bridgehead atoms. The van der Waals surface area contributed by atoms with Crippen LogP contribution in [-0.2, 0) is 16.1 Å². The van der Waals surface area contributed by atoms with Crippen molar-refractivity contribution in [1.29, 1.82) is 0 Å². The lowest BCUT2D eigenvalue weighted by Gasteiger charge is -2.14. The first-order chi connectivity index (χ1) is 13.9. The van der Waals surface area contributed by atoms with Gasteiger partial charge in [-0.1, -0.05) is 0 Å². The van der Waals surface area contributed by atoms with Gasteiger partial charge < -0.3 is 29.0 Å². The summed E-state index contributed by atoms with van der Waals surface area (Å²) in [6, 6.07) is 7.01. The summed E-state index contributed by atoms with van der Waals surface area (Å²) in [6.07, 6.45) is 0. The summed E-state index contributed by atoms with van der Waals surface area (Å²) in [5, 5.41) is 2.61. The van der Waals surface area contributed by atoms with E-state index in [4.69, 9.17) is 23.7 Å². The number of hydrogen-bond donors (Lipinski definition) is 1. The molecule has 0 heterocycles. The summed E-state index contributed by atoms with van der Waals surface area (Å²) < 4.78 is 39.1. The average molecular weight is 407 g/mol. The fourth-order valence-electron chi connectivity index (χ4n) is 2.50. The Morgan fingerprint density at radius 3 is 2.03 bits per heavy atom. The van der Waals surface area contributed by atoms with Gasteiger partial charge in [0.1, 0.15) is 0 Å². The molecule has 0 spiro atoms. The first-order valence-corrected chi connectivity index (χ1v) is 8.49. The maximum absolute atomic E-state index is 13.7. The minimum Gasteiger partial charge on any atom is -0.494 e. The average Bonchev–Trinajstić information content (AvgIpc) is 2.74. The van der Waals surface area contributed by atoms with Crippen LogP contribution in [0, 0.1) is 5.82 Å². The number of carbonyl (C=O) groups excluding carboxylic acids is 2. The van der Waals surface area contributed by atoms with Gasteiger partial charge in [0.15, 0.2) is 29.7 Å². The van der Waals surface area contributed by atoms with E-state index in [-0.39, 0.29) is 17.9 Å². The predicted molar refractivity (Wildman–Crippen MR) is 101 cm³/mol. The Morgan fingerprint density at radius 1 is 0.897 bits per heavy atom. The van der Waals surface area contributed by atoms with Gasteiger partial charge in [-0.05, 0) is 35.9 Å². The summed E-state index contributed by atoms with van der Waals surface area (Å²) in [7, 11) is 5.78. The van der Waals surface area contributed by atoms with Crippen LogP contribution < -0.4 is 24.3 Å². The van der Waals surface area contributed by atoms with Crippen molar-refractivity contribution in [3.63, 3.8) is 0 Å². The van der Waals surface area contributed by atoms with Gasteiger partial charge in [0.2, 0.25) is 5.75 Å². The van der Waals surface area contributed by atoms with Crippen LogP contribution in [0.5, 0.6) is 23.0 Å². The van der Waals surface area contributed by atoms with Crippen molar-refractivity contribution in [1.82, 2.24) is 5.32 Å². The van der Waals surface area contributed by atoms with Gasteiger partial charge in [-0.15, -0.1) is 0 Å². The van der Waals surface area contributed by atoms with Crippen molar-refractivity contribution in [2.75, 3.05) is 35.0 Å². The first kappa shape index (κ1) is 21.8. The Labute approximate surface area is 167 Å². The number of methoxy groups -OCH3 is 4. The largest absolute Gasteiger partial charge is 0.494 e. The Balaban J connectivity index is 1.93. The van der Waals surface area contributed by atoms with E-state index >= 15 is 0 Å². The highest BCUT2D eigenvalue weighted by atomic mass is 19.1. The summed E-state index contributed by atoms with van der Waals surface area (Å²) >= 11 is 0. The number of hydrogen-bond acceptors (Lipinski definition) is 7. The van der Waals surface area contributed by atoms with Crippen LogP contribution in [0.1, 0.15) is 15.9 Å². The molecule has 0 radical (unpaired) electrons. The van der Waals surface area contributed by atoms with E-state index in [1.54, 1.807) is 12.1 Å². The third-order valence-electron chi connectivity index (χ3n) is 3.94. The van der Waals surface area contributed by atoms with Crippen LogP contribution in [0.4, 0.5) is 4.39 Å². The lowest BCUT2D eigenvalue weighted by Crippen LogP contribution is -2.28. The van der Waals surface area contributed by atoms with Gasteiger partial charge in [0.05, 0.1) is 34.0 Å². The monoisotopic (exact) mass is 407 g/mol. The van der Waals surface area contributed by atoms with Gasteiger partial charge in [0, 0.05) is 6.54 Å². The van der Waals surface area contributed by atoms with Crippen LogP contribution in [0.15, 0.2) is 30.3 Å². The third-order valence-corrected chi connectivity index (χ3v) is 3.94. The SMILES string of the molecule is COc1ccc(C(=O)OCC(=O)NCc2cc(OC)c(OC)c(OC)c2)cc1F. The van der Waals surface area contributed by atoms with Gasteiger partial charge in [-0.2, -0.15) is 0 Å². The zero-order chi connectivity index (χ0) is 21.4. The van der Waals surface area contributed by atoms with E-state index in [0.29, 0.717) is 22.8 Å². The van der Waals surface area contributed by atoms with Crippen LogP contribution in [0.2, 0.25) is 0 Å². The molecule has 0 saturated carbocycles. The zero-order valence-electron chi connectivity index (χ0n) is 16.5. The second-order valence-electron chi connectivity index (χ2n) is 5.74. The zero-order valence-corrected chi connectivity index (χ0v) is 16.5. The Kier molecular flexibility index (Phi) is 7.64. The van der Waals surface area contributed by atoms with Crippen LogP contribution in [0.25, 0.3) is 0 Å². The van der Waals surface area contributed by atoms with Crippen LogP contribution in [-0.4, -0.2) is 46.9 Å². The minimum absolute atomic E-state index is 0.00430. The Bertz CT molecular complexity index is 860. The Hall–Kier alpha value is -3.49. The maximum Gasteiger partial charge on any atom is 0.338 e. The number of ether oxygens (including phenoxy) is 5. The van der Waals surface area contributed by atoms with Gasteiger partial charge in [0.25, 0.3) is 5.91 Å². The van der Waals surface area contributed by atoms with Crippen molar-refractivity contribution in [2.45, 2.75) is 6.54 Å². The number of nitrogens with one attached hydrogen (secondary N) is 1. The summed E-state index contributed by atoms with van der Waals surface area (Å²) in [4.78, 5) is 23.9. The topological polar surface area (TPSA) is 92.3 Å². The quantitative estimate of drug-likeness (QED) is 0.638. The molecule has 1 N–H and O–H groups in total. The number of rotatable bonds is 9. The van der Waals surface area contributed by atoms with E-state index in [2.05, 4.69) is 5.32 Å². The molecule has 0 aromatic heterocycles. The fourth-order valence-corrected chi connectivity index (χ4v) is 2.50. The summed E-state index contributed by atoms with van der Waals surface area (Å²) in [5.74, 6) is -0.715. The molecular formula is C20H22FNO7. The molecular weight excluding hydrogens is 385 g/mol.